The Morgan fingerprint density at radius 1 is 1.04 bits per heavy atom. The number of hydrogen-bond acceptors (Lipinski definition) is 10. The maximum absolute atomic E-state index is 13.5. The normalized spacial score (nSPS) is 21.2. The van der Waals surface area contributed by atoms with Gasteiger partial charge in [0.1, 0.15) is 11.7 Å². The molecule has 3 aromatic heterocycles. The molecule has 0 radical (unpaired) electrons. The number of benzene rings is 2. The number of para-hydroxylation sites is 1. The summed E-state index contributed by atoms with van der Waals surface area (Å²) in [5.41, 5.74) is 3.15. The van der Waals surface area contributed by atoms with Gasteiger partial charge in [-0.05, 0) is 96.0 Å². The van der Waals surface area contributed by atoms with Crippen LogP contribution in [0.2, 0.25) is 0 Å². The quantitative estimate of drug-likeness (QED) is 0.184. The molecule has 0 spiro atoms. The fourth-order valence-electron chi connectivity index (χ4n) is 9.09. The molecule has 15 heteroatoms. The molecule has 3 N–H and O–H groups in total. The van der Waals surface area contributed by atoms with Gasteiger partial charge in [0, 0.05) is 74.4 Å². The highest BCUT2D eigenvalue weighted by Crippen LogP contribution is 2.37. The highest BCUT2D eigenvalue weighted by Gasteiger charge is 2.33. The van der Waals surface area contributed by atoms with E-state index in [4.69, 9.17) is 5.10 Å². The lowest BCUT2D eigenvalue weighted by atomic mass is 9.85. The fourth-order valence-corrected chi connectivity index (χ4v) is 9.09. The van der Waals surface area contributed by atoms with Gasteiger partial charge in [0.25, 0.3) is 5.91 Å². The molecule has 3 aliphatic rings. The van der Waals surface area contributed by atoms with Gasteiger partial charge in [0.2, 0.25) is 11.8 Å². The minimum absolute atomic E-state index is 0.196. The number of aryl methyl sites for hydroxylation is 1. The summed E-state index contributed by atoms with van der Waals surface area (Å²) in [6.07, 6.45) is 13.3. The zero-order chi connectivity index (χ0) is 39.3. The summed E-state index contributed by atoms with van der Waals surface area (Å²) in [6.45, 7) is 6.17. The Bertz CT molecular complexity index is 2340. The van der Waals surface area contributed by atoms with E-state index in [-0.39, 0.29) is 29.8 Å². The largest absolute Gasteiger partial charge is 0.386 e. The van der Waals surface area contributed by atoms with E-state index in [1.807, 2.05) is 24.3 Å². The second-order valence-electron chi connectivity index (χ2n) is 16.3. The molecule has 1 saturated carbocycles. The molecule has 294 valence electrons. The number of nitrogens with zero attached hydrogens (tertiary/aromatic N) is 8. The molecule has 1 atom stereocenters. The van der Waals surface area contributed by atoms with E-state index in [2.05, 4.69) is 54.4 Å². The summed E-state index contributed by atoms with van der Waals surface area (Å²) in [6, 6.07) is 9.69. The van der Waals surface area contributed by atoms with Crippen LogP contribution in [-0.2, 0) is 22.2 Å². The molecule has 2 aromatic carbocycles. The number of fused-ring (bicyclic) bond motifs is 2. The van der Waals surface area contributed by atoms with Crippen LogP contribution in [0, 0.1) is 5.92 Å². The predicted molar refractivity (Wildman–Crippen MR) is 212 cm³/mol. The fraction of sp³-hybridized carbons (Fsp3) is 0.488. The van der Waals surface area contributed by atoms with E-state index in [0.717, 1.165) is 80.3 Å². The second kappa shape index (κ2) is 14.9. The molecule has 2 saturated heterocycles. The number of piperidine rings is 2. The molecule has 0 bridgehead atoms. The van der Waals surface area contributed by atoms with Crippen molar-refractivity contribution >= 4 is 51.0 Å². The van der Waals surface area contributed by atoms with Crippen molar-refractivity contribution in [2.24, 2.45) is 13.0 Å². The van der Waals surface area contributed by atoms with Crippen LogP contribution in [0.4, 0.5) is 11.4 Å². The number of nitrogens with one attached hydrogen (secondary N) is 2. The highest BCUT2D eigenvalue weighted by atomic mass is 16.3. The van der Waals surface area contributed by atoms with Gasteiger partial charge in [-0.25, -0.2) is 9.78 Å². The summed E-state index contributed by atoms with van der Waals surface area (Å²) in [5, 5.41) is 22.1. The van der Waals surface area contributed by atoms with Crippen LogP contribution >= 0.6 is 0 Å². The number of rotatable bonds is 9. The Morgan fingerprint density at radius 2 is 1.80 bits per heavy atom. The number of amides is 3. The van der Waals surface area contributed by atoms with Crippen molar-refractivity contribution in [3.63, 3.8) is 0 Å². The van der Waals surface area contributed by atoms with Gasteiger partial charge in [0.15, 0.2) is 0 Å². The van der Waals surface area contributed by atoms with Crippen molar-refractivity contribution in [1.29, 1.82) is 0 Å². The Hall–Kier alpha value is -5.41. The molecule has 1 unspecified atom stereocenters. The van der Waals surface area contributed by atoms with Crippen molar-refractivity contribution in [2.75, 3.05) is 36.9 Å². The van der Waals surface area contributed by atoms with Crippen LogP contribution in [0.15, 0.2) is 59.9 Å². The highest BCUT2D eigenvalue weighted by molar-refractivity contribution is 6.04. The first-order valence-corrected chi connectivity index (χ1v) is 19.7. The topological polar surface area (TPSA) is 173 Å². The van der Waals surface area contributed by atoms with Gasteiger partial charge in [-0.1, -0.05) is 6.07 Å². The number of hydrogen-bond donors (Lipinski definition) is 3. The summed E-state index contributed by atoms with van der Waals surface area (Å²) in [5.74, 6) is -0.520. The van der Waals surface area contributed by atoms with Crippen LogP contribution in [0.1, 0.15) is 93.3 Å². The third-order valence-corrected chi connectivity index (χ3v) is 12.1. The van der Waals surface area contributed by atoms with E-state index in [1.54, 1.807) is 30.0 Å². The summed E-state index contributed by atoms with van der Waals surface area (Å²) < 4.78 is 5.26. The minimum atomic E-state index is -1.20. The van der Waals surface area contributed by atoms with Crippen molar-refractivity contribution in [3.05, 3.63) is 76.9 Å². The zero-order valence-electron chi connectivity index (χ0n) is 32.4. The Balaban J connectivity index is 0.882. The minimum Gasteiger partial charge on any atom is -0.386 e. The van der Waals surface area contributed by atoms with Crippen LogP contribution in [0.25, 0.3) is 21.9 Å². The molecule has 3 amide bonds. The van der Waals surface area contributed by atoms with Gasteiger partial charge < -0.3 is 20.2 Å². The van der Waals surface area contributed by atoms with Crippen LogP contribution in [-0.4, -0.2) is 89.3 Å². The third-order valence-electron chi connectivity index (χ3n) is 12.1. The van der Waals surface area contributed by atoms with Crippen LogP contribution < -0.4 is 21.2 Å². The molecule has 1 aliphatic carbocycles. The molecule has 15 nitrogen and oxygen atoms in total. The van der Waals surface area contributed by atoms with Gasteiger partial charge in [-0.15, -0.1) is 0 Å². The van der Waals surface area contributed by atoms with Gasteiger partial charge >= 0.3 is 5.69 Å². The number of aromatic nitrogens is 6. The summed E-state index contributed by atoms with van der Waals surface area (Å²) in [7, 11) is 4.01. The lowest BCUT2D eigenvalue weighted by Crippen LogP contribution is -2.45. The zero-order valence-corrected chi connectivity index (χ0v) is 32.4. The lowest BCUT2D eigenvalue weighted by molar-refractivity contribution is -0.135. The summed E-state index contributed by atoms with van der Waals surface area (Å²) >= 11 is 0. The van der Waals surface area contributed by atoms with Gasteiger partial charge in [-0.2, -0.15) is 5.10 Å². The number of imidazole rings is 1. The van der Waals surface area contributed by atoms with E-state index < -0.39 is 23.5 Å². The number of carbonyl (C=O) groups is 3. The number of aliphatic hydroxyl groups is 1. The standard InChI is InChI=1S/C41H50N10O5/c1-41(2,56)29-21-30-26(20-31(29)44-38(53)32-22-42-16-17-43-32)24-50(46-30)28-10-8-25(9-11-28)23-47(3)27-14-18-49(19-15-27)33-6-5-7-34-37(33)48(4)40(55)51(34)35-12-13-36(52)45-39(35)54/h5-7,16-17,20-22,24-25,27-28,35,56H,8-15,18-19,23H2,1-4H3,(H,44,53)(H,45,52,54)/t25-,28-,35?. The monoisotopic (exact) mass is 762 g/mol. The van der Waals surface area contributed by atoms with E-state index in [9.17, 15) is 24.3 Å². The average Bonchev–Trinajstić information content (AvgIpc) is 3.72. The first-order chi connectivity index (χ1) is 26.9. The van der Waals surface area contributed by atoms with Crippen molar-refractivity contribution < 1.29 is 19.5 Å². The first-order valence-electron chi connectivity index (χ1n) is 19.7. The molecular formula is C41H50N10O5. The second-order valence-corrected chi connectivity index (χ2v) is 16.3. The molecule has 8 rings (SSSR count). The Labute approximate surface area is 324 Å². The number of imide groups is 1. The SMILES string of the molecule is CN(C[C@H]1CC[C@H](n2cc3cc(NC(=O)c4cnccn4)c(C(C)(C)O)cc3n2)CC1)C1CCN(c2cccc3c2n(C)c(=O)n3C2CCC(=O)NC2=O)CC1. The van der Waals surface area contributed by atoms with Crippen LogP contribution in [0.5, 0.6) is 0 Å². The molecule has 3 fully saturated rings. The number of carbonyl (C=O) groups excluding carboxylic acids is 3. The number of anilines is 2. The molecule has 2 aliphatic heterocycles. The Morgan fingerprint density at radius 3 is 2.50 bits per heavy atom. The summed E-state index contributed by atoms with van der Waals surface area (Å²) in [4.78, 5) is 63.9. The Kier molecular flexibility index (Phi) is 9.99. The van der Waals surface area contributed by atoms with E-state index >= 15 is 0 Å². The van der Waals surface area contributed by atoms with Crippen molar-refractivity contribution in [2.45, 2.75) is 88.9 Å². The van der Waals surface area contributed by atoms with Crippen molar-refractivity contribution in [3.8, 4) is 0 Å². The van der Waals surface area contributed by atoms with Crippen molar-refractivity contribution in [1.82, 2.24) is 39.1 Å². The van der Waals surface area contributed by atoms with E-state index in [0.29, 0.717) is 35.1 Å². The van der Waals surface area contributed by atoms with E-state index in [1.165, 1.54) is 18.6 Å². The lowest BCUT2D eigenvalue weighted by Gasteiger charge is -2.40. The third kappa shape index (κ3) is 7.20. The van der Waals surface area contributed by atoms with Crippen LogP contribution in [0.3, 0.4) is 0 Å². The molecular weight excluding hydrogens is 713 g/mol. The maximum atomic E-state index is 13.5. The average molecular weight is 763 g/mol. The van der Waals surface area contributed by atoms with Gasteiger partial charge in [-0.3, -0.25) is 38.5 Å². The molecule has 5 heterocycles. The van der Waals surface area contributed by atoms with Gasteiger partial charge in [0.05, 0.1) is 40.1 Å². The molecule has 5 aromatic rings. The molecule has 56 heavy (non-hydrogen) atoms. The first kappa shape index (κ1) is 37.5. The predicted octanol–water partition coefficient (Wildman–Crippen LogP) is 4.27. The smallest absolute Gasteiger partial charge is 0.329 e. The maximum Gasteiger partial charge on any atom is 0.329 e.